The minimum absolute atomic E-state index is 0.301. The van der Waals surface area contributed by atoms with E-state index in [1.807, 2.05) is 6.20 Å². The zero-order valence-corrected chi connectivity index (χ0v) is 26.3. The van der Waals surface area contributed by atoms with Crippen LogP contribution in [0.5, 0.6) is 0 Å². The molecule has 0 spiro atoms. The van der Waals surface area contributed by atoms with E-state index >= 15 is 0 Å². The molecule has 0 radical (unpaired) electrons. The Balaban J connectivity index is 1.27. The van der Waals surface area contributed by atoms with Crippen LogP contribution in [0.2, 0.25) is 0 Å². The third-order valence-electron chi connectivity index (χ3n) is 9.30. The smallest absolute Gasteiger partial charge is 0.145 e. The zero-order valence-electron chi connectivity index (χ0n) is 26.3. The number of pyridine rings is 1. The van der Waals surface area contributed by atoms with Crippen molar-refractivity contribution in [2.45, 2.75) is 6.17 Å². The first kappa shape index (κ1) is 28.0. The van der Waals surface area contributed by atoms with E-state index in [1.165, 1.54) is 27.8 Å². The molecular weight excluding hydrogens is 585 g/mol. The second kappa shape index (κ2) is 11.8. The first-order valence-corrected chi connectivity index (χ1v) is 16.4. The number of benzene rings is 6. The number of anilines is 1. The molecule has 4 heteroatoms. The van der Waals surface area contributed by atoms with Crippen LogP contribution in [0.3, 0.4) is 0 Å². The van der Waals surface area contributed by atoms with Crippen molar-refractivity contribution in [1.29, 1.82) is 0 Å². The summed E-state index contributed by atoms with van der Waals surface area (Å²) in [6.45, 7) is 0.761. The molecule has 6 aromatic carbocycles. The number of aliphatic imine (C=N–C) groups is 1. The van der Waals surface area contributed by atoms with E-state index in [0.717, 1.165) is 62.0 Å². The van der Waals surface area contributed by atoms with Crippen LogP contribution in [0, 0.1) is 0 Å². The van der Waals surface area contributed by atoms with Gasteiger partial charge in [0.15, 0.2) is 0 Å². The van der Waals surface area contributed by atoms with Crippen LogP contribution >= 0.6 is 0 Å². The lowest BCUT2D eigenvalue weighted by molar-refractivity contribution is 0.828. The van der Waals surface area contributed by atoms with Gasteiger partial charge in [-0.15, -0.1) is 0 Å². The summed E-state index contributed by atoms with van der Waals surface area (Å²) in [6, 6.07) is 51.6. The minimum atomic E-state index is -0.301. The highest BCUT2D eigenvalue weighted by molar-refractivity contribution is 6.17. The fraction of sp³-hybridized carbons (Fsp3) is 0.0455. The average Bonchev–Trinajstić information content (AvgIpc) is 3.17. The number of allylic oxidation sites excluding steroid dienone is 2. The van der Waals surface area contributed by atoms with Gasteiger partial charge in [-0.1, -0.05) is 115 Å². The third-order valence-corrected chi connectivity index (χ3v) is 9.30. The molecule has 4 nitrogen and oxygen atoms in total. The Morgan fingerprint density at radius 2 is 1.23 bits per heavy atom. The standard InChI is InChI=1S/C44H32N4/c1-3-12-29(13-4-1)31-21-22-38-41(27-31)47-44(48-43(38)30-14-5-2-6-15-30)35-25-33(32-16-11-23-45-28-32)24-34(26-35)42-36-17-7-9-19-39(36)46-40-20-10-8-18-37(40)42/h1-27,44-45,47H,28H2. The summed E-state index contributed by atoms with van der Waals surface area (Å²) in [5.74, 6) is 0. The van der Waals surface area contributed by atoms with E-state index in [-0.39, 0.29) is 6.17 Å². The van der Waals surface area contributed by atoms with E-state index in [9.17, 15) is 0 Å². The van der Waals surface area contributed by atoms with Crippen molar-refractivity contribution in [2.75, 3.05) is 11.9 Å². The largest absolute Gasteiger partial charge is 0.387 e. The molecule has 0 amide bonds. The maximum absolute atomic E-state index is 5.46. The van der Waals surface area contributed by atoms with Gasteiger partial charge in [-0.2, -0.15) is 0 Å². The van der Waals surface area contributed by atoms with Gasteiger partial charge in [-0.05, 0) is 82.1 Å². The second-order valence-corrected chi connectivity index (χ2v) is 12.3. The summed E-state index contributed by atoms with van der Waals surface area (Å²) < 4.78 is 0. The molecule has 0 aliphatic carbocycles. The van der Waals surface area contributed by atoms with E-state index < -0.39 is 0 Å². The van der Waals surface area contributed by atoms with Crippen molar-refractivity contribution in [2.24, 2.45) is 4.99 Å². The highest BCUT2D eigenvalue weighted by Crippen LogP contribution is 2.40. The van der Waals surface area contributed by atoms with Crippen molar-refractivity contribution in [3.8, 4) is 22.3 Å². The summed E-state index contributed by atoms with van der Waals surface area (Å²) in [7, 11) is 0. The van der Waals surface area contributed by atoms with Gasteiger partial charge in [-0.3, -0.25) is 4.99 Å². The van der Waals surface area contributed by atoms with Gasteiger partial charge in [0, 0.05) is 39.7 Å². The van der Waals surface area contributed by atoms with Crippen LogP contribution < -0.4 is 10.6 Å². The van der Waals surface area contributed by atoms with E-state index in [1.54, 1.807) is 0 Å². The van der Waals surface area contributed by atoms with Crippen LogP contribution in [-0.4, -0.2) is 17.2 Å². The quantitative estimate of drug-likeness (QED) is 0.189. The van der Waals surface area contributed by atoms with Crippen molar-refractivity contribution < 1.29 is 0 Å². The molecule has 228 valence electrons. The van der Waals surface area contributed by atoms with E-state index in [0.29, 0.717) is 0 Å². The molecule has 0 bridgehead atoms. The molecule has 9 rings (SSSR count). The molecule has 1 unspecified atom stereocenters. The summed E-state index contributed by atoms with van der Waals surface area (Å²) in [5, 5.41) is 9.54. The Morgan fingerprint density at radius 1 is 0.562 bits per heavy atom. The van der Waals surface area contributed by atoms with Gasteiger partial charge >= 0.3 is 0 Å². The monoisotopic (exact) mass is 616 g/mol. The number of hydrogen-bond donors (Lipinski definition) is 2. The predicted molar refractivity (Wildman–Crippen MR) is 200 cm³/mol. The van der Waals surface area contributed by atoms with Crippen molar-refractivity contribution in [3.63, 3.8) is 0 Å². The number of para-hydroxylation sites is 2. The normalized spacial score (nSPS) is 15.3. The van der Waals surface area contributed by atoms with E-state index in [4.69, 9.17) is 9.98 Å². The van der Waals surface area contributed by atoms with Crippen LogP contribution in [0.25, 0.3) is 49.6 Å². The fourth-order valence-corrected chi connectivity index (χ4v) is 6.99. The number of hydrogen-bond acceptors (Lipinski definition) is 4. The second-order valence-electron chi connectivity index (χ2n) is 12.3. The maximum atomic E-state index is 5.46. The van der Waals surface area contributed by atoms with Crippen LogP contribution in [0.4, 0.5) is 5.69 Å². The molecule has 2 N–H and O–H groups in total. The molecule has 2 aliphatic rings. The lowest BCUT2D eigenvalue weighted by atomic mass is 9.90. The number of aromatic nitrogens is 1. The number of rotatable bonds is 5. The molecule has 1 aromatic heterocycles. The van der Waals surface area contributed by atoms with Crippen LogP contribution in [-0.2, 0) is 0 Å². The highest BCUT2D eigenvalue weighted by Gasteiger charge is 2.25. The first-order chi connectivity index (χ1) is 23.8. The molecule has 0 fully saturated rings. The molecule has 2 aliphatic heterocycles. The lowest BCUT2D eigenvalue weighted by Gasteiger charge is -2.28. The topological polar surface area (TPSA) is 49.3 Å². The number of nitrogens with one attached hydrogen (secondary N) is 2. The molecule has 48 heavy (non-hydrogen) atoms. The van der Waals surface area contributed by atoms with Gasteiger partial charge < -0.3 is 10.6 Å². The summed E-state index contributed by atoms with van der Waals surface area (Å²) in [4.78, 5) is 10.5. The minimum Gasteiger partial charge on any atom is -0.387 e. The highest BCUT2D eigenvalue weighted by atomic mass is 15.1. The first-order valence-electron chi connectivity index (χ1n) is 16.4. The molecular formula is C44H32N4. The number of dihydropyridines is 1. The molecule has 1 atom stereocenters. The van der Waals surface area contributed by atoms with Gasteiger partial charge in [0.2, 0.25) is 0 Å². The third kappa shape index (κ3) is 5.04. The number of nitrogens with zero attached hydrogens (tertiary/aromatic N) is 2. The van der Waals surface area contributed by atoms with Gasteiger partial charge in [0.25, 0.3) is 0 Å². The molecule has 7 aromatic rings. The summed E-state index contributed by atoms with van der Waals surface area (Å²) in [5.41, 5.74) is 14.4. The van der Waals surface area contributed by atoms with Gasteiger partial charge in [-0.25, -0.2) is 4.98 Å². The number of fused-ring (bicyclic) bond motifs is 3. The molecule has 0 saturated heterocycles. The zero-order chi connectivity index (χ0) is 31.9. The SMILES string of the molecule is C1=CNCC(c2cc(-c3c4ccccc4nc4ccccc34)cc(C3N=C(c4ccccc4)c4ccc(-c5ccccc5)cc4N3)c2)=C1. The van der Waals surface area contributed by atoms with Gasteiger partial charge in [0.1, 0.15) is 6.17 Å². The summed E-state index contributed by atoms with van der Waals surface area (Å²) in [6.07, 6.45) is 5.98. The lowest BCUT2D eigenvalue weighted by Crippen LogP contribution is -2.21. The van der Waals surface area contributed by atoms with Crippen LogP contribution in [0.15, 0.2) is 169 Å². The van der Waals surface area contributed by atoms with Crippen molar-refractivity contribution >= 4 is 38.8 Å². The Kier molecular flexibility index (Phi) is 6.90. The van der Waals surface area contributed by atoms with Crippen molar-refractivity contribution in [3.05, 3.63) is 186 Å². The summed E-state index contributed by atoms with van der Waals surface area (Å²) >= 11 is 0. The van der Waals surface area contributed by atoms with Crippen LogP contribution in [0.1, 0.15) is 28.4 Å². The Bertz CT molecular complexity index is 2370. The maximum Gasteiger partial charge on any atom is 0.145 e. The molecule has 3 heterocycles. The Labute approximate surface area is 279 Å². The van der Waals surface area contributed by atoms with Crippen molar-refractivity contribution in [1.82, 2.24) is 10.3 Å². The fourth-order valence-electron chi connectivity index (χ4n) is 6.99. The van der Waals surface area contributed by atoms with E-state index in [2.05, 4.69) is 168 Å². The van der Waals surface area contributed by atoms with Gasteiger partial charge in [0.05, 0.1) is 16.7 Å². The average molecular weight is 617 g/mol. The Hall–Kier alpha value is -6.26. The predicted octanol–water partition coefficient (Wildman–Crippen LogP) is 10.2. The molecule has 0 saturated carbocycles. The Morgan fingerprint density at radius 3 is 1.94 bits per heavy atom.